The molecule has 2 aromatic rings. The second kappa shape index (κ2) is 9.70. The Kier molecular flexibility index (Phi) is 7.33. The Hall–Kier alpha value is -2.91. The van der Waals surface area contributed by atoms with E-state index in [9.17, 15) is 18.0 Å². The number of carbonyl (C=O) groups is 2. The Bertz CT molecular complexity index is 866. The summed E-state index contributed by atoms with van der Waals surface area (Å²) in [6, 6.07) is 14.3. The molecule has 0 aliphatic heterocycles. The lowest BCUT2D eigenvalue weighted by Gasteiger charge is -2.09. The first kappa shape index (κ1) is 20.4. The second-order valence-electron chi connectivity index (χ2n) is 5.30. The molecule has 2 rings (SSSR count). The van der Waals surface area contributed by atoms with Crippen molar-refractivity contribution in [2.45, 2.75) is 11.8 Å². The quantitative estimate of drug-likeness (QED) is 0.627. The third-order valence-electron chi connectivity index (χ3n) is 3.27. The van der Waals surface area contributed by atoms with Crippen molar-refractivity contribution in [2.75, 3.05) is 25.1 Å². The standard InChI is InChI=1S/C18H20N2O6S/c1-2-25-15-10-8-14(9-11-15)20-17(21)13-26-18(22)12-19-27(23,24)16-6-4-3-5-7-16/h3-11,19H,2,12-13H2,1H3,(H,20,21). The van der Waals surface area contributed by atoms with Gasteiger partial charge in [0.15, 0.2) is 6.61 Å². The van der Waals surface area contributed by atoms with Gasteiger partial charge in [-0.05, 0) is 43.3 Å². The molecule has 2 N–H and O–H groups in total. The van der Waals surface area contributed by atoms with E-state index in [1.807, 2.05) is 6.92 Å². The molecule has 9 heteroatoms. The van der Waals surface area contributed by atoms with Crippen LogP contribution >= 0.6 is 0 Å². The number of amides is 1. The lowest BCUT2D eigenvalue weighted by atomic mass is 10.3. The molecule has 0 heterocycles. The minimum Gasteiger partial charge on any atom is -0.494 e. The molecule has 2 aromatic carbocycles. The molecule has 0 aliphatic rings. The van der Waals surface area contributed by atoms with Gasteiger partial charge in [-0.1, -0.05) is 18.2 Å². The number of esters is 1. The van der Waals surface area contributed by atoms with Gasteiger partial charge in [-0.15, -0.1) is 0 Å². The van der Waals surface area contributed by atoms with Crippen LogP contribution in [0.1, 0.15) is 6.92 Å². The average molecular weight is 392 g/mol. The van der Waals surface area contributed by atoms with E-state index in [0.717, 1.165) is 0 Å². The van der Waals surface area contributed by atoms with E-state index >= 15 is 0 Å². The minimum atomic E-state index is -3.81. The van der Waals surface area contributed by atoms with Crippen LogP contribution in [0.3, 0.4) is 0 Å². The van der Waals surface area contributed by atoms with E-state index < -0.39 is 35.1 Å². The van der Waals surface area contributed by atoms with Crippen LogP contribution in [0.15, 0.2) is 59.5 Å². The van der Waals surface area contributed by atoms with Crippen molar-refractivity contribution in [3.8, 4) is 5.75 Å². The first-order valence-electron chi connectivity index (χ1n) is 8.14. The van der Waals surface area contributed by atoms with Crippen molar-refractivity contribution in [1.29, 1.82) is 0 Å². The largest absolute Gasteiger partial charge is 0.494 e. The predicted molar refractivity (Wildman–Crippen MR) is 98.8 cm³/mol. The van der Waals surface area contributed by atoms with Crippen LogP contribution in [0.5, 0.6) is 5.75 Å². The van der Waals surface area contributed by atoms with E-state index in [2.05, 4.69) is 10.0 Å². The zero-order chi connectivity index (χ0) is 19.7. The van der Waals surface area contributed by atoms with Gasteiger partial charge in [-0.2, -0.15) is 4.72 Å². The molecule has 144 valence electrons. The smallest absolute Gasteiger partial charge is 0.321 e. The summed E-state index contributed by atoms with van der Waals surface area (Å²) in [5.74, 6) is -0.734. The molecular formula is C18H20N2O6S. The lowest BCUT2D eigenvalue weighted by molar-refractivity contribution is -0.146. The Morgan fingerprint density at radius 2 is 1.67 bits per heavy atom. The van der Waals surface area contributed by atoms with Crippen molar-refractivity contribution in [1.82, 2.24) is 4.72 Å². The topological polar surface area (TPSA) is 111 Å². The third kappa shape index (κ3) is 6.72. The predicted octanol–water partition coefficient (Wildman–Crippen LogP) is 1.55. The highest BCUT2D eigenvalue weighted by atomic mass is 32.2. The van der Waals surface area contributed by atoms with Crippen molar-refractivity contribution in [2.24, 2.45) is 0 Å². The minimum absolute atomic E-state index is 0.0334. The molecule has 1 amide bonds. The Morgan fingerprint density at radius 3 is 2.30 bits per heavy atom. The fourth-order valence-corrected chi connectivity index (χ4v) is 3.02. The van der Waals surface area contributed by atoms with E-state index in [4.69, 9.17) is 9.47 Å². The van der Waals surface area contributed by atoms with Crippen LogP contribution in [0.25, 0.3) is 0 Å². The van der Waals surface area contributed by atoms with Gasteiger partial charge in [-0.3, -0.25) is 9.59 Å². The van der Waals surface area contributed by atoms with Crippen LogP contribution < -0.4 is 14.8 Å². The van der Waals surface area contributed by atoms with Crippen LogP contribution in [0, 0.1) is 0 Å². The Labute approximate surface area is 157 Å². The fourth-order valence-electron chi connectivity index (χ4n) is 2.03. The molecule has 0 unspecified atom stereocenters. The normalized spacial score (nSPS) is 10.9. The highest BCUT2D eigenvalue weighted by Gasteiger charge is 2.16. The van der Waals surface area contributed by atoms with Crippen LogP contribution in [-0.4, -0.2) is 40.1 Å². The number of benzene rings is 2. The Morgan fingerprint density at radius 1 is 1.00 bits per heavy atom. The maximum atomic E-state index is 12.0. The second-order valence-corrected chi connectivity index (χ2v) is 7.07. The van der Waals surface area contributed by atoms with Gasteiger partial charge in [-0.25, -0.2) is 8.42 Å². The van der Waals surface area contributed by atoms with E-state index in [1.54, 1.807) is 42.5 Å². The molecule has 0 fully saturated rings. The molecule has 0 saturated carbocycles. The average Bonchev–Trinajstić information content (AvgIpc) is 2.67. The molecule has 0 aliphatic carbocycles. The van der Waals surface area contributed by atoms with Gasteiger partial charge in [0, 0.05) is 5.69 Å². The van der Waals surface area contributed by atoms with Crippen molar-refractivity contribution in [3.63, 3.8) is 0 Å². The van der Waals surface area contributed by atoms with Crippen LogP contribution in [0.4, 0.5) is 5.69 Å². The summed E-state index contributed by atoms with van der Waals surface area (Å²) in [4.78, 5) is 23.5. The summed E-state index contributed by atoms with van der Waals surface area (Å²) in [5, 5.41) is 2.55. The molecule has 0 saturated heterocycles. The molecule has 0 atom stereocenters. The zero-order valence-electron chi connectivity index (χ0n) is 14.7. The monoisotopic (exact) mass is 392 g/mol. The number of rotatable bonds is 9. The number of sulfonamides is 1. The summed E-state index contributed by atoms with van der Waals surface area (Å²) in [6.45, 7) is 1.30. The van der Waals surface area contributed by atoms with E-state index in [1.165, 1.54) is 12.1 Å². The van der Waals surface area contributed by atoms with Crippen LogP contribution in [-0.2, 0) is 24.3 Å². The van der Waals surface area contributed by atoms with Gasteiger partial charge in [0.2, 0.25) is 10.0 Å². The number of ether oxygens (including phenoxy) is 2. The van der Waals surface area contributed by atoms with Gasteiger partial charge < -0.3 is 14.8 Å². The zero-order valence-corrected chi connectivity index (χ0v) is 15.5. The summed E-state index contributed by atoms with van der Waals surface area (Å²) in [7, 11) is -3.81. The summed E-state index contributed by atoms with van der Waals surface area (Å²) >= 11 is 0. The summed E-state index contributed by atoms with van der Waals surface area (Å²) in [6.07, 6.45) is 0. The lowest BCUT2D eigenvalue weighted by Crippen LogP contribution is -2.32. The number of hydrogen-bond acceptors (Lipinski definition) is 6. The van der Waals surface area contributed by atoms with Crippen molar-refractivity contribution in [3.05, 3.63) is 54.6 Å². The van der Waals surface area contributed by atoms with Gasteiger partial charge in [0.25, 0.3) is 5.91 Å². The molecule has 0 spiro atoms. The summed E-state index contributed by atoms with van der Waals surface area (Å²) in [5.41, 5.74) is 0.518. The number of anilines is 1. The number of carbonyl (C=O) groups excluding carboxylic acids is 2. The first-order valence-corrected chi connectivity index (χ1v) is 9.62. The number of hydrogen-bond donors (Lipinski definition) is 2. The highest BCUT2D eigenvalue weighted by molar-refractivity contribution is 7.89. The van der Waals surface area contributed by atoms with E-state index in [-0.39, 0.29) is 4.90 Å². The number of nitrogens with one attached hydrogen (secondary N) is 2. The highest BCUT2D eigenvalue weighted by Crippen LogP contribution is 2.15. The molecule has 0 bridgehead atoms. The SMILES string of the molecule is CCOc1ccc(NC(=O)COC(=O)CNS(=O)(=O)c2ccccc2)cc1. The third-order valence-corrected chi connectivity index (χ3v) is 4.69. The molecule has 27 heavy (non-hydrogen) atoms. The van der Waals surface area contributed by atoms with Gasteiger partial charge in [0.05, 0.1) is 11.5 Å². The fraction of sp³-hybridized carbons (Fsp3) is 0.222. The Balaban J connectivity index is 1.75. The first-order chi connectivity index (χ1) is 12.9. The van der Waals surface area contributed by atoms with Crippen LogP contribution in [0.2, 0.25) is 0 Å². The van der Waals surface area contributed by atoms with Crippen molar-refractivity contribution < 1.29 is 27.5 Å². The van der Waals surface area contributed by atoms with Gasteiger partial charge in [0.1, 0.15) is 12.3 Å². The molecule has 0 aromatic heterocycles. The van der Waals surface area contributed by atoms with Crippen molar-refractivity contribution >= 4 is 27.6 Å². The maximum absolute atomic E-state index is 12.0. The molecule has 0 radical (unpaired) electrons. The van der Waals surface area contributed by atoms with E-state index in [0.29, 0.717) is 18.0 Å². The molecule has 8 nitrogen and oxygen atoms in total. The molecular weight excluding hydrogens is 372 g/mol. The summed E-state index contributed by atoms with van der Waals surface area (Å²) < 4.78 is 36.1. The maximum Gasteiger partial charge on any atom is 0.321 e. The van der Waals surface area contributed by atoms with Gasteiger partial charge >= 0.3 is 5.97 Å².